The van der Waals surface area contributed by atoms with Crippen molar-refractivity contribution in [3.8, 4) is 11.5 Å². The Labute approximate surface area is 113 Å². The van der Waals surface area contributed by atoms with E-state index in [-0.39, 0.29) is 47.6 Å². The van der Waals surface area contributed by atoms with Gasteiger partial charge in [0.25, 0.3) is 0 Å². The molecule has 0 saturated heterocycles. The molecule has 0 unspecified atom stereocenters. The number of halogens is 1. The number of rotatable bonds is 1. The van der Waals surface area contributed by atoms with Gasteiger partial charge in [0.15, 0.2) is 11.5 Å². The predicted molar refractivity (Wildman–Crippen MR) is 44.8 cm³/mol. The number of carboxylic acid groups (broad SMARTS) is 1. The molecule has 0 spiro atoms. The van der Waals surface area contributed by atoms with Gasteiger partial charge in [0.1, 0.15) is 12.3 Å². The molecule has 0 bridgehead atoms. The number of benzene rings is 1. The fraction of sp³-hybridized carbons (Fsp3) is 0.125. The third-order valence-electron chi connectivity index (χ3n) is 1.87. The van der Waals surface area contributed by atoms with E-state index in [1.165, 1.54) is 0 Å². The molecule has 0 saturated carbocycles. The molecule has 5 nitrogen and oxygen atoms in total. The summed E-state index contributed by atoms with van der Waals surface area (Å²) in [7, 11) is -1.26. The van der Waals surface area contributed by atoms with Gasteiger partial charge in [-0.25, -0.2) is 4.39 Å². The maximum absolute atomic E-state index is 12.9. The van der Waals surface area contributed by atoms with Crippen molar-refractivity contribution in [1.82, 2.24) is 0 Å². The summed E-state index contributed by atoms with van der Waals surface area (Å²) >= 11 is 0. The number of fused-ring (bicyclic) bond motifs is 1. The van der Waals surface area contributed by atoms with Crippen LogP contribution in [0, 0.1) is 5.82 Å². The average molecular weight is 234 g/mol. The molecular formula is C8H5BFNaO5. The molecule has 0 radical (unpaired) electrons. The van der Waals surface area contributed by atoms with Crippen molar-refractivity contribution >= 4 is 13.1 Å². The Morgan fingerprint density at radius 1 is 1.56 bits per heavy atom. The third-order valence-corrected chi connectivity index (χ3v) is 1.87. The van der Waals surface area contributed by atoms with Gasteiger partial charge >= 0.3 is 36.7 Å². The first-order chi connectivity index (χ1) is 7.08. The summed E-state index contributed by atoms with van der Waals surface area (Å²) in [5.41, 5.74) is -0.483. The van der Waals surface area contributed by atoms with Gasteiger partial charge in [-0.2, -0.15) is 0 Å². The second-order valence-electron chi connectivity index (χ2n) is 2.95. The number of aromatic carboxylic acids is 1. The maximum Gasteiger partial charge on any atom is 1.00 e. The number of carbonyl (C=O) groups is 1. The minimum atomic E-state index is -1.59. The quantitative estimate of drug-likeness (QED) is 0.501. The third kappa shape index (κ3) is 2.49. The Bertz CT molecular complexity index is 427. The van der Waals surface area contributed by atoms with E-state index < -0.39 is 24.5 Å². The SMILES string of the molecule is O=C([O-])c1cc(F)cc2c1OB(O)CO2.[Na+]. The topological polar surface area (TPSA) is 78.8 Å². The van der Waals surface area contributed by atoms with Gasteiger partial charge in [-0.15, -0.1) is 0 Å². The van der Waals surface area contributed by atoms with Crippen LogP contribution in [0.5, 0.6) is 11.5 Å². The van der Waals surface area contributed by atoms with Gasteiger partial charge in [0.05, 0.1) is 5.97 Å². The van der Waals surface area contributed by atoms with Crippen molar-refractivity contribution in [3.05, 3.63) is 23.5 Å². The molecule has 0 fully saturated rings. The molecule has 2 rings (SSSR count). The Morgan fingerprint density at radius 3 is 2.88 bits per heavy atom. The molecule has 1 aromatic carbocycles. The van der Waals surface area contributed by atoms with Crippen LogP contribution in [-0.4, -0.2) is 24.6 Å². The van der Waals surface area contributed by atoms with Crippen molar-refractivity contribution in [2.75, 3.05) is 6.51 Å². The van der Waals surface area contributed by atoms with E-state index in [4.69, 9.17) is 14.4 Å². The van der Waals surface area contributed by atoms with Gasteiger partial charge in [-0.05, 0) is 6.07 Å². The normalized spacial score (nSPS) is 13.0. The van der Waals surface area contributed by atoms with Crippen molar-refractivity contribution < 1.29 is 58.3 Å². The molecule has 0 amide bonds. The average Bonchev–Trinajstić information content (AvgIpc) is 2.17. The van der Waals surface area contributed by atoms with E-state index in [9.17, 15) is 14.3 Å². The maximum atomic E-state index is 12.9. The molecule has 0 aliphatic carbocycles. The van der Waals surface area contributed by atoms with E-state index >= 15 is 0 Å². The standard InChI is InChI=1S/C8H6BFO5.Na/c10-4-1-5(8(11)12)7-6(2-4)14-3-9(13)15-7;/h1-2,13H,3H2,(H,11,12);/q;+1/p-1. The molecular weight excluding hydrogens is 229 g/mol. The Morgan fingerprint density at radius 2 is 2.25 bits per heavy atom. The van der Waals surface area contributed by atoms with E-state index in [1.54, 1.807) is 0 Å². The zero-order valence-corrected chi connectivity index (χ0v) is 10.4. The summed E-state index contributed by atoms with van der Waals surface area (Å²) in [6.45, 7) is -0.178. The minimum absolute atomic E-state index is 0. The van der Waals surface area contributed by atoms with Crippen LogP contribution in [0.3, 0.4) is 0 Å². The predicted octanol–water partition coefficient (Wildman–Crippen LogP) is -4.02. The number of hydrogen-bond donors (Lipinski definition) is 1. The number of hydrogen-bond acceptors (Lipinski definition) is 5. The minimum Gasteiger partial charge on any atom is -0.545 e. The summed E-state index contributed by atoms with van der Waals surface area (Å²) in [5.74, 6) is -2.63. The van der Waals surface area contributed by atoms with Crippen LogP contribution in [0.15, 0.2) is 12.1 Å². The molecule has 1 aromatic rings. The van der Waals surface area contributed by atoms with Crippen molar-refractivity contribution in [2.45, 2.75) is 0 Å². The first kappa shape index (κ1) is 13.3. The van der Waals surface area contributed by atoms with Crippen molar-refractivity contribution in [1.29, 1.82) is 0 Å². The number of carbonyl (C=O) groups excluding carboxylic acids is 1. The Hall–Kier alpha value is -0.755. The Kier molecular flexibility index (Phi) is 4.20. The van der Waals surface area contributed by atoms with Gasteiger partial charge < -0.3 is 24.3 Å². The van der Waals surface area contributed by atoms with Crippen molar-refractivity contribution in [3.63, 3.8) is 0 Å². The van der Waals surface area contributed by atoms with E-state index in [1.807, 2.05) is 0 Å². The van der Waals surface area contributed by atoms with Crippen LogP contribution in [0.4, 0.5) is 4.39 Å². The van der Waals surface area contributed by atoms with E-state index in [0.29, 0.717) is 0 Å². The van der Waals surface area contributed by atoms with Crippen LogP contribution in [0.1, 0.15) is 10.4 Å². The number of carboxylic acids is 1. The fourth-order valence-electron chi connectivity index (χ4n) is 1.28. The summed E-state index contributed by atoms with van der Waals surface area (Å²) in [6, 6.07) is 1.73. The fourth-order valence-corrected chi connectivity index (χ4v) is 1.28. The summed E-state index contributed by atoms with van der Waals surface area (Å²) < 4.78 is 22.6. The molecule has 0 aromatic heterocycles. The Balaban J connectivity index is 0.00000128. The zero-order chi connectivity index (χ0) is 11.0. The van der Waals surface area contributed by atoms with E-state index in [0.717, 1.165) is 12.1 Å². The van der Waals surface area contributed by atoms with Gasteiger partial charge in [-0.1, -0.05) is 0 Å². The second-order valence-corrected chi connectivity index (χ2v) is 2.95. The van der Waals surface area contributed by atoms with E-state index in [2.05, 4.69) is 0 Å². The zero-order valence-electron chi connectivity index (χ0n) is 8.40. The summed E-state index contributed by atoms with van der Waals surface area (Å²) in [4.78, 5) is 10.6. The van der Waals surface area contributed by atoms with Crippen LogP contribution in [0.25, 0.3) is 0 Å². The van der Waals surface area contributed by atoms with Crippen LogP contribution < -0.4 is 44.1 Å². The van der Waals surface area contributed by atoms with Gasteiger partial charge in [0.2, 0.25) is 0 Å². The largest absolute Gasteiger partial charge is 1.00 e. The molecule has 1 heterocycles. The molecule has 1 aliphatic heterocycles. The van der Waals surface area contributed by atoms with Crippen LogP contribution in [-0.2, 0) is 0 Å². The first-order valence-electron chi connectivity index (χ1n) is 4.10. The summed E-state index contributed by atoms with van der Waals surface area (Å²) in [5, 5.41) is 19.7. The monoisotopic (exact) mass is 234 g/mol. The van der Waals surface area contributed by atoms with Crippen molar-refractivity contribution in [2.24, 2.45) is 0 Å². The van der Waals surface area contributed by atoms with Gasteiger partial charge in [0, 0.05) is 11.6 Å². The molecule has 0 atom stereocenters. The number of ether oxygens (including phenoxy) is 1. The van der Waals surface area contributed by atoms with Gasteiger partial charge in [-0.3, -0.25) is 0 Å². The molecule has 8 heteroatoms. The molecule has 1 N–H and O–H groups in total. The molecule has 16 heavy (non-hydrogen) atoms. The molecule has 1 aliphatic rings. The first-order valence-corrected chi connectivity index (χ1v) is 4.10. The van der Waals surface area contributed by atoms with Crippen LogP contribution in [0.2, 0.25) is 0 Å². The summed E-state index contributed by atoms with van der Waals surface area (Å²) in [6.07, 6.45) is 0. The molecule has 78 valence electrons. The van der Waals surface area contributed by atoms with Crippen LogP contribution >= 0.6 is 0 Å². The second kappa shape index (κ2) is 5.05. The smallest absolute Gasteiger partial charge is 0.545 e.